The molecule has 5 nitrogen and oxygen atoms in total. The molecule has 2 aromatic carbocycles. The summed E-state index contributed by atoms with van der Waals surface area (Å²) in [5.74, 6) is -0.593. The lowest BCUT2D eigenvalue weighted by molar-refractivity contribution is -0.121. The van der Waals surface area contributed by atoms with Crippen LogP contribution in [-0.4, -0.2) is 36.3 Å². The fraction of sp³-hybridized carbons (Fsp3) is 0.391. The van der Waals surface area contributed by atoms with Crippen molar-refractivity contribution in [3.05, 3.63) is 58.9 Å². The lowest BCUT2D eigenvalue weighted by Crippen LogP contribution is -2.41. The summed E-state index contributed by atoms with van der Waals surface area (Å²) < 4.78 is 13.6. The fourth-order valence-corrected chi connectivity index (χ4v) is 3.49. The second-order valence-corrected chi connectivity index (χ2v) is 7.85. The summed E-state index contributed by atoms with van der Waals surface area (Å²) in [4.78, 5) is 26.8. The van der Waals surface area contributed by atoms with Gasteiger partial charge in [0.2, 0.25) is 11.8 Å². The Kier molecular flexibility index (Phi) is 6.64. The molecule has 0 unspecified atom stereocenters. The topological polar surface area (TPSA) is 61.4 Å². The second-order valence-electron chi connectivity index (χ2n) is 7.85. The van der Waals surface area contributed by atoms with E-state index in [0.717, 1.165) is 11.3 Å². The van der Waals surface area contributed by atoms with Crippen LogP contribution >= 0.6 is 0 Å². The van der Waals surface area contributed by atoms with Crippen LogP contribution in [0.15, 0.2) is 36.4 Å². The molecule has 0 saturated carbocycles. The van der Waals surface area contributed by atoms with E-state index in [1.807, 2.05) is 32.0 Å². The van der Waals surface area contributed by atoms with Gasteiger partial charge in [-0.1, -0.05) is 12.1 Å². The van der Waals surface area contributed by atoms with Gasteiger partial charge in [0.1, 0.15) is 5.82 Å². The Morgan fingerprint density at radius 2 is 1.55 bits per heavy atom. The Labute approximate surface area is 171 Å². The molecule has 1 heterocycles. The molecule has 0 bridgehead atoms. The molecule has 29 heavy (non-hydrogen) atoms. The number of benzene rings is 2. The number of anilines is 2. The number of hydrogen-bond acceptors (Lipinski definition) is 3. The Morgan fingerprint density at radius 1 is 0.931 bits per heavy atom. The molecule has 2 aromatic rings. The highest BCUT2D eigenvalue weighted by Crippen LogP contribution is 2.21. The minimum atomic E-state index is -0.326. The number of carbonyl (C=O) groups excluding carboxylic acids is 2. The van der Waals surface area contributed by atoms with Gasteiger partial charge < -0.3 is 10.6 Å². The first-order chi connectivity index (χ1) is 13.8. The zero-order chi connectivity index (χ0) is 21.0. The summed E-state index contributed by atoms with van der Waals surface area (Å²) in [7, 11) is 0. The van der Waals surface area contributed by atoms with Crippen molar-refractivity contribution in [3.8, 4) is 0 Å². The molecule has 2 amide bonds. The van der Waals surface area contributed by atoms with Crippen molar-refractivity contribution in [2.24, 2.45) is 5.92 Å². The standard InChI is InChI=1S/C23H28FN3O2/c1-15-4-6-19(12-17(15)3)25-22(28)14-27-10-8-18(9-11-27)23(29)26-20-7-5-16(2)21(24)13-20/h4-7,12-13,18H,8-11,14H2,1-3H3,(H,25,28)(H,26,29). The van der Waals surface area contributed by atoms with Gasteiger partial charge in [0.25, 0.3) is 0 Å². The molecule has 2 N–H and O–H groups in total. The van der Waals surface area contributed by atoms with Gasteiger partial charge in [0, 0.05) is 17.3 Å². The molecule has 3 rings (SSSR count). The molecule has 0 aliphatic carbocycles. The van der Waals surface area contributed by atoms with Gasteiger partial charge in [-0.2, -0.15) is 0 Å². The second kappa shape index (κ2) is 9.18. The first-order valence-electron chi connectivity index (χ1n) is 9.98. The molecule has 0 aromatic heterocycles. The van der Waals surface area contributed by atoms with E-state index in [-0.39, 0.29) is 23.5 Å². The lowest BCUT2D eigenvalue weighted by Gasteiger charge is -2.30. The maximum absolute atomic E-state index is 13.6. The van der Waals surface area contributed by atoms with Gasteiger partial charge in [0.05, 0.1) is 6.54 Å². The molecule has 1 aliphatic heterocycles. The van der Waals surface area contributed by atoms with E-state index in [4.69, 9.17) is 0 Å². The highest BCUT2D eigenvalue weighted by atomic mass is 19.1. The van der Waals surface area contributed by atoms with Gasteiger partial charge in [-0.15, -0.1) is 0 Å². The number of nitrogens with one attached hydrogen (secondary N) is 2. The predicted octanol–water partition coefficient (Wildman–Crippen LogP) is 4.04. The largest absolute Gasteiger partial charge is 0.326 e. The monoisotopic (exact) mass is 397 g/mol. The van der Waals surface area contributed by atoms with Crippen molar-refractivity contribution >= 4 is 23.2 Å². The first kappa shape index (κ1) is 21.0. The van der Waals surface area contributed by atoms with E-state index in [1.54, 1.807) is 19.1 Å². The number of amides is 2. The smallest absolute Gasteiger partial charge is 0.238 e. The van der Waals surface area contributed by atoms with Crippen molar-refractivity contribution in [1.82, 2.24) is 4.90 Å². The van der Waals surface area contributed by atoms with Crippen molar-refractivity contribution < 1.29 is 14.0 Å². The molecular formula is C23H28FN3O2. The van der Waals surface area contributed by atoms with Crippen molar-refractivity contribution in [3.63, 3.8) is 0 Å². The Bertz CT molecular complexity index is 905. The van der Waals surface area contributed by atoms with E-state index in [9.17, 15) is 14.0 Å². The van der Waals surface area contributed by atoms with E-state index >= 15 is 0 Å². The van der Waals surface area contributed by atoms with E-state index in [0.29, 0.717) is 43.7 Å². The average Bonchev–Trinajstić information content (AvgIpc) is 2.68. The number of hydrogen-bond donors (Lipinski definition) is 2. The summed E-state index contributed by atoms with van der Waals surface area (Å²) in [6.07, 6.45) is 1.36. The SMILES string of the molecule is Cc1ccc(NC(=O)CN2CCC(C(=O)Nc3ccc(C)c(F)c3)CC2)cc1C. The van der Waals surface area contributed by atoms with Crippen LogP contribution in [0.5, 0.6) is 0 Å². The van der Waals surface area contributed by atoms with Crippen LogP contribution in [0, 0.1) is 32.5 Å². The molecular weight excluding hydrogens is 369 g/mol. The summed E-state index contributed by atoms with van der Waals surface area (Å²) in [6, 6.07) is 10.6. The minimum Gasteiger partial charge on any atom is -0.326 e. The molecule has 1 aliphatic rings. The molecule has 6 heteroatoms. The summed E-state index contributed by atoms with van der Waals surface area (Å²) in [6.45, 7) is 7.42. The van der Waals surface area contributed by atoms with Crippen LogP contribution in [0.3, 0.4) is 0 Å². The highest BCUT2D eigenvalue weighted by Gasteiger charge is 2.26. The summed E-state index contributed by atoms with van der Waals surface area (Å²) in [5, 5.41) is 5.74. The third kappa shape index (κ3) is 5.64. The maximum atomic E-state index is 13.6. The van der Waals surface area contributed by atoms with Crippen molar-refractivity contribution in [2.75, 3.05) is 30.3 Å². The van der Waals surface area contributed by atoms with Crippen molar-refractivity contribution in [2.45, 2.75) is 33.6 Å². The molecule has 0 atom stereocenters. The molecule has 0 spiro atoms. The van der Waals surface area contributed by atoms with Gasteiger partial charge in [0.15, 0.2) is 0 Å². The van der Waals surface area contributed by atoms with E-state index in [2.05, 4.69) is 15.5 Å². The van der Waals surface area contributed by atoms with Gasteiger partial charge in [-0.3, -0.25) is 14.5 Å². The van der Waals surface area contributed by atoms with Crippen LogP contribution in [0.25, 0.3) is 0 Å². The predicted molar refractivity (Wildman–Crippen MR) is 113 cm³/mol. The summed E-state index contributed by atoms with van der Waals surface area (Å²) >= 11 is 0. The third-order valence-corrected chi connectivity index (χ3v) is 5.56. The van der Waals surface area contributed by atoms with Crippen LogP contribution in [-0.2, 0) is 9.59 Å². The Balaban J connectivity index is 1.45. The minimum absolute atomic E-state index is 0.0497. The molecule has 1 saturated heterocycles. The zero-order valence-corrected chi connectivity index (χ0v) is 17.2. The Morgan fingerprint density at radius 3 is 2.17 bits per heavy atom. The van der Waals surface area contributed by atoms with Crippen LogP contribution in [0.1, 0.15) is 29.5 Å². The third-order valence-electron chi connectivity index (χ3n) is 5.56. The molecule has 0 radical (unpaired) electrons. The summed E-state index contributed by atoms with van der Waals surface area (Å²) in [5.41, 5.74) is 4.17. The van der Waals surface area contributed by atoms with Crippen LogP contribution < -0.4 is 10.6 Å². The van der Waals surface area contributed by atoms with Gasteiger partial charge >= 0.3 is 0 Å². The Hall–Kier alpha value is -2.73. The van der Waals surface area contributed by atoms with Crippen LogP contribution in [0.2, 0.25) is 0 Å². The van der Waals surface area contributed by atoms with E-state index in [1.165, 1.54) is 11.6 Å². The normalized spacial score (nSPS) is 15.2. The quantitative estimate of drug-likeness (QED) is 0.800. The molecule has 154 valence electrons. The number of halogens is 1. The van der Waals surface area contributed by atoms with Gasteiger partial charge in [-0.05, 0) is 87.7 Å². The van der Waals surface area contributed by atoms with E-state index < -0.39 is 0 Å². The van der Waals surface area contributed by atoms with Gasteiger partial charge in [-0.25, -0.2) is 4.39 Å². The number of piperidine rings is 1. The number of carbonyl (C=O) groups is 2. The maximum Gasteiger partial charge on any atom is 0.238 e. The first-order valence-corrected chi connectivity index (χ1v) is 9.98. The fourth-order valence-electron chi connectivity index (χ4n) is 3.49. The number of aryl methyl sites for hydroxylation is 3. The average molecular weight is 397 g/mol. The lowest BCUT2D eigenvalue weighted by atomic mass is 9.95. The number of rotatable bonds is 5. The number of nitrogens with zero attached hydrogens (tertiary/aromatic N) is 1. The number of likely N-dealkylation sites (tertiary alicyclic amines) is 1. The highest BCUT2D eigenvalue weighted by molar-refractivity contribution is 5.93. The van der Waals surface area contributed by atoms with Crippen LogP contribution in [0.4, 0.5) is 15.8 Å². The zero-order valence-electron chi connectivity index (χ0n) is 17.2. The molecule has 1 fully saturated rings. The van der Waals surface area contributed by atoms with Crippen molar-refractivity contribution in [1.29, 1.82) is 0 Å².